The zero-order valence-corrected chi connectivity index (χ0v) is 14.1. The lowest BCUT2D eigenvalue weighted by Crippen LogP contribution is -2.56. The molecule has 2 aliphatic heterocycles. The van der Waals surface area contributed by atoms with Gasteiger partial charge in [-0.1, -0.05) is 0 Å². The summed E-state index contributed by atoms with van der Waals surface area (Å²) in [7, 11) is 0. The molecule has 2 bridgehead atoms. The molecule has 1 amide bonds. The zero-order chi connectivity index (χ0) is 16.8. The smallest absolute Gasteiger partial charge is 0.410 e. The summed E-state index contributed by atoms with van der Waals surface area (Å²) >= 11 is 0. The quantitative estimate of drug-likeness (QED) is 0.777. The van der Waals surface area contributed by atoms with E-state index in [1.54, 1.807) is 0 Å². The summed E-state index contributed by atoms with van der Waals surface area (Å²) in [5.41, 5.74) is 13.5. The summed E-state index contributed by atoms with van der Waals surface area (Å²) in [5.74, 6) is 0. The van der Waals surface area contributed by atoms with E-state index in [9.17, 15) is 4.79 Å². The Morgan fingerprint density at radius 1 is 1.13 bits per heavy atom. The molecule has 2 fully saturated rings. The Morgan fingerprint density at radius 2 is 1.74 bits per heavy atom. The third kappa shape index (κ3) is 3.16. The molecule has 126 valence electrons. The van der Waals surface area contributed by atoms with Gasteiger partial charge < -0.3 is 21.1 Å². The van der Waals surface area contributed by atoms with Crippen LogP contribution in [0.3, 0.4) is 0 Å². The summed E-state index contributed by atoms with van der Waals surface area (Å²) in [5, 5.41) is 0. The number of carbonyl (C=O) groups excluding carboxylic acids is 1. The van der Waals surface area contributed by atoms with Crippen LogP contribution < -0.4 is 16.4 Å². The van der Waals surface area contributed by atoms with Crippen molar-refractivity contribution in [3.05, 3.63) is 18.2 Å². The van der Waals surface area contributed by atoms with Crippen molar-refractivity contribution < 1.29 is 9.53 Å². The van der Waals surface area contributed by atoms with Gasteiger partial charge in [0.05, 0.1) is 23.5 Å². The molecule has 2 heterocycles. The van der Waals surface area contributed by atoms with Gasteiger partial charge in [0, 0.05) is 18.8 Å². The molecule has 2 aliphatic rings. The van der Waals surface area contributed by atoms with Crippen LogP contribution in [0.5, 0.6) is 0 Å². The van der Waals surface area contributed by atoms with Gasteiger partial charge in [-0.2, -0.15) is 0 Å². The summed E-state index contributed by atoms with van der Waals surface area (Å²) in [6.45, 7) is 7.32. The highest BCUT2D eigenvalue weighted by Crippen LogP contribution is 2.34. The van der Waals surface area contributed by atoms with Gasteiger partial charge in [-0.15, -0.1) is 0 Å². The van der Waals surface area contributed by atoms with E-state index in [1.807, 2.05) is 43.9 Å². The highest BCUT2D eigenvalue weighted by atomic mass is 16.6. The van der Waals surface area contributed by atoms with E-state index in [0.29, 0.717) is 11.4 Å². The fourth-order valence-corrected chi connectivity index (χ4v) is 3.49. The summed E-state index contributed by atoms with van der Waals surface area (Å²) in [4.78, 5) is 16.7. The minimum Gasteiger partial charge on any atom is -0.444 e. The number of ether oxygens (including phenoxy) is 1. The van der Waals surface area contributed by atoms with Gasteiger partial charge in [-0.05, 0) is 51.8 Å². The Kier molecular flexibility index (Phi) is 3.78. The Morgan fingerprint density at radius 3 is 2.26 bits per heavy atom. The first-order valence-electron chi connectivity index (χ1n) is 8.16. The first-order valence-corrected chi connectivity index (χ1v) is 8.16. The molecule has 2 saturated heterocycles. The van der Waals surface area contributed by atoms with Crippen molar-refractivity contribution in [3.8, 4) is 0 Å². The van der Waals surface area contributed by atoms with E-state index < -0.39 is 5.60 Å². The van der Waals surface area contributed by atoms with Crippen LogP contribution in [0.15, 0.2) is 18.2 Å². The van der Waals surface area contributed by atoms with Crippen LogP contribution >= 0.6 is 0 Å². The predicted molar refractivity (Wildman–Crippen MR) is 92.4 cm³/mol. The number of carbonyl (C=O) groups is 1. The van der Waals surface area contributed by atoms with Gasteiger partial charge in [0.2, 0.25) is 0 Å². The van der Waals surface area contributed by atoms with Crippen molar-refractivity contribution in [1.82, 2.24) is 4.90 Å². The molecule has 6 heteroatoms. The maximum absolute atomic E-state index is 12.5. The third-order valence-corrected chi connectivity index (χ3v) is 4.52. The summed E-state index contributed by atoms with van der Waals surface area (Å²) in [6.07, 6.45) is 1.84. The molecule has 0 spiro atoms. The number of hydrogen-bond acceptors (Lipinski definition) is 5. The van der Waals surface area contributed by atoms with Crippen LogP contribution in [-0.4, -0.2) is 41.8 Å². The second-order valence-corrected chi connectivity index (χ2v) is 7.49. The molecule has 0 aliphatic carbocycles. The predicted octanol–water partition coefficient (Wildman–Crippen LogP) is 2.44. The third-order valence-electron chi connectivity index (χ3n) is 4.52. The number of benzene rings is 1. The number of piperazine rings is 1. The monoisotopic (exact) mass is 318 g/mol. The van der Waals surface area contributed by atoms with Crippen molar-refractivity contribution in [2.24, 2.45) is 0 Å². The van der Waals surface area contributed by atoms with E-state index in [2.05, 4.69) is 4.90 Å². The number of nitrogens with zero attached hydrogens (tertiary/aromatic N) is 2. The summed E-state index contributed by atoms with van der Waals surface area (Å²) in [6, 6.07) is 6.14. The minimum atomic E-state index is -0.459. The molecule has 1 aromatic rings. The lowest BCUT2D eigenvalue weighted by atomic mass is 10.1. The van der Waals surface area contributed by atoms with Gasteiger partial charge in [0.1, 0.15) is 5.60 Å². The first-order chi connectivity index (χ1) is 10.7. The highest BCUT2D eigenvalue weighted by molar-refractivity contribution is 5.72. The first kappa shape index (κ1) is 15.8. The van der Waals surface area contributed by atoms with Crippen molar-refractivity contribution in [2.45, 2.75) is 51.3 Å². The van der Waals surface area contributed by atoms with Crippen LogP contribution in [0.2, 0.25) is 0 Å². The highest BCUT2D eigenvalue weighted by Gasteiger charge is 2.44. The number of amides is 1. The molecule has 0 aromatic heterocycles. The largest absolute Gasteiger partial charge is 0.444 e. The van der Waals surface area contributed by atoms with Crippen molar-refractivity contribution in [1.29, 1.82) is 0 Å². The van der Waals surface area contributed by atoms with Crippen molar-refractivity contribution in [3.63, 3.8) is 0 Å². The average molecular weight is 318 g/mol. The van der Waals surface area contributed by atoms with Gasteiger partial charge >= 0.3 is 6.09 Å². The fourth-order valence-electron chi connectivity index (χ4n) is 3.49. The normalized spacial score (nSPS) is 24.0. The van der Waals surface area contributed by atoms with Crippen LogP contribution in [0.4, 0.5) is 21.9 Å². The number of nitrogens with two attached hydrogens (primary N) is 2. The number of hydrogen-bond donors (Lipinski definition) is 2. The van der Waals surface area contributed by atoms with Crippen LogP contribution in [-0.2, 0) is 4.74 Å². The maximum atomic E-state index is 12.5. The fraction of sp³-hybridized carbons (Fsp3) is 0.588. The Hall–Kier alpha value is -2.11. The van der Waals surface area contributed by atoms with Crippen LogP contribution in [0.25, 0.3) is 0 Å². The van der Waals surface area contributed by atoms with Crippen molar-refractivity contribution >= 4 is 23.2 Å². The summed E-state index contributed by atoms with van der Waals surface area (Å²) < 4.78 is 5.57. The zero-order valence-electron chi connectivity index (χ0n) is 14.1. The molecule has 2 unspecified atom stereocenters. The van der Waals surface area contributed by atoms with E-state index >= 15 is 0 Å². The lowest BCUT2D eigenvalue weighted by Gasteiger charge is -2.42. The lowest BCUT2D eigenvalue weighted by molar-refractivity contribution is 0.0123. The molecule has 6 nitrogen and oxygen atoms in total. The molecule has 4 N–H and O–H groups in total. The molecule has 2 atom stereocenters. The number of anilines is 3. The molecular formula is C17H26N4O2. The van der Waals surface area contributed by atoms with E-state index in [1.165, 1.54) is 0 Å². The SMILES string of the molecule is CC(C)(C)OC(=O)N1C2CCC1CN(c1ccc(N)c(N)c1)C2. The average Bonchev–Trinajstić information content (AvgIpc) is 2.71. The standard InChI is InChI=1S/C17H26N4O2/c1-17(2,3)23-16(22)21-12-4-5-13(21)10-20(9-12)11-6-7-14(18)15(19)8-11/h6-8,12-13H,4-5,9-10,18-19H2,1-3H3. The van der Waals surface area contributed by atoms with Gasteiger partial charge in [-0.25, -0.2) is 4.79 Å². The van der Waals surface area contributed by atoms with E-state index in [0.717, 1.165) is 31.6 Å². The molecule has 0 saturated carbocycles. The van der Waals surface area contributed by atoms with Crippen LogP contribution in [0.1, 0.15) is 33.6 Å². The Balaban J connectivity index is 1.74. The maximum Gasteiger partial charge on any atom is 0.410 e. The Labute approximate surface area is 137 Å². The number of fused-ring (bicyclic) bond motifs is 2. The molecular weight excluding hydrogens is 292 g/mol. The Bertz CT molecular complexity index is 597. The second kappa shape index (κ2) is 5.51. The molecule has 3 rings (SSSR count). The number of nitrogen functional groups attached to an aromatic ring is 2. The minimum absolute atomic E-state index is 0.193. The van der Waals surface area contributed by atoms with Gasteiger partial charge in [0.25, 0.3) is 0 Å². The molecule has 0 radical (unpaired) electrons. The van der Waals surface area contributed by atoms with Gasteiger partial charge in [-0.3, -0.25) is 4.90 Å². The van der Waals surface area contributed by atoms with E-state index in [-0.39, 0.29) is 18.2 Å². The van der Waals surface area contributed by atoms with E-state index in [4.69, 9.17) is 16.2 Å². The van der Waals surface area contributed by atoms with Crippen molar-refractivity contribution in [2.75, 3.05) is 29.5 Å². The second-order valence-electron chi connectivity index (χ2n) is 7.49. The van der Waals surface area contributed by atoms with Gasteiger partial charge in [0.15, 0.2) is 0 Å². The van der Waals surface area contributed by atoms with Crippen LogP contribution in [0, 0.1) is 0 Å². The topological polar surface area (TPSA) is 84.8 Å². The molecule has 1 aromatic carbocycles. The molecule has 23 heavy (non-hydrogen) atoms. The number of rotatable bonds is 1.